The molecule has 0 amide bonds. The van der Waals surface area contributed by atoms with Crippen molar-refractivity contribution in [2.24, 2.45) is 5.92 Å². The predicted molar refractivity (Wildman–Crippen MR) is 65.8 cm³/mol. The highest BCUT2D eigenvalue weighted by Crippen LogP contribution is 2.38. The molecule has 1 aliphatic heterocycles. The summed E-state index contributed by atoms with van der Waals surface area (Å²) in [6, 6.07) is 4.38. The summed E-state index contributed by atoms with van der Waals surface area (Å²) < 4.78 is 18.8. The number of phenolic OH excluding ortho intramolecular Hbond substituents is 1. The van der Waals surface area contributed by atoms with Crippen molar-refractivity contribution in [3.05, 3.63) is 29.6 Å². The van der Waals surface area contributed by atoms with Crippen LogP contribution in [0.2, 0.25) is 0 Å². The minimum atomic E-state index is -0.314. The number of halogens is 1. The zero-order chi connectivity index (χ0) is 12.5. The van der Waals surface area contributed by atoms with Crippen LogP contribution in [0.5, 0.6) is 5.75 Å². The second kappa shape index (κ2) is 4.86. The molecule has 0 aromatic heterocycles. The summed E-state index contributed by atoms with van der Waals surface area (Å²) in [5.74, 6) is 0.530. The number of hydrogen-bond acceptors (Lipinski definition) is 3. The molecule has 2 N–H and O–H groups in total. The van der Waals surface area contributed by atoms with E-state index in [1.165, 1.54) is 31.0 Å². The van der Waals surface area contributed by atoms with Crippen LogP contribution < -0.4 is 5.32 Å². The maximum Gasteiger partial charge on any atom is 0.123 e. The Bertz CT molecular complexity index is 434. The highest BCUT2D eigenvalue weighted by molar-refractivity contribution is 5.32. The molecule has 2 aliphatic rings. The number of hydrogen-bond donors (Lipinski definition) is 2. The lowest BCUT2D eigenvalue weighted by atomic mass is 10.1. The predicted octanol–water partition coefficient (Wildman–Crippen LogP) is 2.19. The fourth-order valence-corrected chi connectivity index (χ4v) is 2.66. The Hall–Kier alpha value is -1.13. The summed E-state index contributed by atoms with van der Waals surface area (Å²) >= 11 is 0. The summed E-state index contributed by atoms with van der Waals surface area (Å²) in [7, 11) is 0. The fraction of sp³-hybridized carbons (Fsp3) is 0.571. The van der Waals surface area contributed by atoms with Crippen molar-refractivity contribution in [3.8, 4) is 5.75 Å². The fourth-order valence-electron chi connectivity index (χ4n) is 2.66. The second-order valence-corrected chi connectivity index (χ2v) is 5.22. The van der Waals surface area contributed by atoms with Crippen LogP contribution in [-0.2, 0) is 11.3 Å². The van der Waals surface area contributed by atoms with E-state index in [9.17, 15) is 9.50 Å². The zero-order valence-corrected chi connectivity index (χ0v) is 10.2. The molecule has 2 atom stereocenters. The van der Waals surface area contributed by atoms with Gasteiger partial charge in [-0.3, -0.25) is 0 Å². The van der Waals surface area contributed by atoms with Crippen molar-refractivity contribution in [2.45, 2.75) is 38.0 Å². The van der Waals surface area contributed by atoms with E-state index in [1.807, 2.05) is 0 Å². The molecule has 1 aliphatic carbocycles. The minimum Gasteiger partial charge on any atom is -0.508 e. The van der Waals surface area contributed by atoms with E-state index in [1.54, 1.807) is 0 Å². The smallest absolute Gasteiger partial charge is 0.123 e. The third kappa shape index (κ3) is 2.49. The molecule has 2 unspecified atom stereocenters. The van der Waals surface area contributed by atoms with Gasteiger partial charge in [-0.1, -0.05) is 0 Å². The quantitative estimate of drug-likeness (QED) is 0.862. The Morgan fingerprint density at radius 2 is 2.17 bits per heavy atom. The largest absolute Gasteiger partial charge is 0.508 e. The minimum absolute atomic E-state index is 0.144. The lowest BCUT2D eigenvalue weighted by Gasteiger charge is -2.19. The molecule has 18 heavy (non-hydrogen) atoms. The van der Waals surface area contributed by atoms with E-state index < -0.39 is 0 Å². The van der Waals surface area contributed by atoms with Gasteiger partial charge in [0.2, 0.25) is 0 Å². The maximum absolute atomic E-state index is 13.1. The molecule has 2 fully saturated rings. The van der Waals surface area contributed by atoms with Gasteiger partial charge in [0, 0.05) is 24.8 Å². The van der Waals surface area contributed by atoms with Crippen LogP contribution in [0.3, 0.4) is 0 Å². The summed E-state index contributed by atoms with van der Waals surface area (Å²) in [6.07, 6.45) is 3.82. The van der Waals surface area contributed by atoms with Gasteiger partial charge in [-0.05, 0) is 43.4 Å². The molecule has 1 aromatic carbocycles. The molecular weight excluding hydrogens is 233 g/mol. The summed E-state index contributed by atoms with van der Waals surface area (Å²) in [5.41, 5.74) is 0.608. The van der Waals surface area contributed by atoms with Gasteiger partial charge in [0.1, 0.15) is 11.6 Å². The average Bonchev–Trinajstić information content (AvgIpc) is 3.10. The molecule has 1 heterocycles. The van der Waals surface area contributed by atoms with Gasteiger partial charge >= 0.3 is 0 Å². The van der Waals surface area contributed by atoms with Gasteiger partial charge in [0.05, 0.1) is 6.10 Å². The SMILES string of the molecule is Oc1ccc(F)cc1CNC1CCOC1C1CC1. The second-order valence-electron chi connectivity index (χ2n) is 5.22. The number of rotatable bonds is 4. The molecule has 0 radical (unpaired) electrons. The highest BCUT2D eigenvalue weighted by Gasteiger charge is 2.40. The van der Waals surface area contributed by atoms with Crippen LogP contribution in [0.15, 0.2) is 18.2 Å². The Kier molecular flexibility index (Phi) is 3.22. The van der Waals surface area contributed by atoms with Gasteiger partial charge < -0.3 is 15.2 Å². The topological polar surface area (TPSA) is 41.5 Å². The molecule has 0 bridgehead atoms. The van der Waals surface area contributed by atoms with Crippen LogP contribution in [0.1, 0.15) is 24.8 Å². The van der Waals surface area contributed by atoms with Crippen molar-refractivity contribution in [3.63, 3.8) is 0 Å². The first-order valence-electron chi connectivity index (χ1n) is 6.56. The summed E-state index contributed by atoms with van der Waals surface area (Å²) in [6.45, 7) is 1.29. The van der Waals surface area contributed by atoms with Gasteiger partial charge in [0.25, 0.3) is 0 Å². The van der Waals surface area contributed by atoms with E-state index in [-0.39, 0.29) is 11.6 Å². The lowest BCUT2D eigenvalue weighted by Crippen LogP contribution is -2.37. The first-order chi connectivity index (χ1) is 8.74. The van der Waals surface area contributed by atoms with Gasteiger partial charge in [0.15, 0.2) is 0 Å². The van der Waals surface area contributed by atoms with E-state index in [2.05, 4.69) is 5.32 Å². The third-order valence-electron chi connectivity index (χ3n) is 3.82. The lowest BCUT2D eigenvalue weighted by molar-refractivity contribution is 0.0808. The molecule has 3 rings (SSSR count). The van der Waals surface area contributed by atoms with Gasteiger partial charge in [-0.15, -0.1) is 0 Å². The number of benzene rings is 1. The number of phenols is 1. The Morgan fingerprint density at radius 1 is 1.33 bits per heavy atom. The molecule has 0 spiro atoms. The molecule has 1 aromatic rings. The first-order valence-corrected chi connectivity index (χ1v) is 6.56. The van der Waals surface area contributed by atoms with Crippen molar-refractivity contribution >= 4 is 0 Å². The van der Waals surface area contributed by atoms with E-state index in [4.69, 9.17) is 4.74 Å². The molecule has 3 nitrogen and oxygen atoms in total. The number of aromatic hydroxyl groups is 1. The van der Waals surface area contributed by atoms with Crippen LogP contribution in [0, 0.1) is 11.7 Å². The Morgan fingerprint density at radius 3 is 2.94 bits per heavy atom. The normalized spacial score (nSPS) is 27.6. The molecule has 1 saturated carbocycles. The van der Waals surface area contributed by atoms with Crippen molar-refractivity contribution < 1.29 is 14.2 Å². The summed E-state index contributed by atoms with van der Waals surface area (Å²) in [5, 5.41) is 13.0. The van der Waals surface area contributed by atoms with E-state index in [0.717, 1.165) is 13.0 Å². The standard InChI is InChI=1S/C14H18FNO2/c15-11-3-4-13(17)10(7-11)8-16-12-5-6-18-14(12)9-1-2-9/h3-4,7,9,12,14,16-17H,1-2,5-6,8H2. The molecule has 4 heteroatoms. The van der Waals surface area contributed by atoms with Gasteiger partial charge in [-0.2, -0.15) is 0 Å². The molecule has 98 valence electrons. The third-order valence-corrected chi connectivity index (χ3v) is 3.82. The Labute approximate surface area is 106 Å². The average molecular weight is 251 g/mol. The Balaban J connectivity index is 1.61. The van der Waals surface area contributed by atoms with Crippen molar-refractivity contribution in [1.29, 1.82) is 0 Å². The monoisotopic (exact) mass is 251 g/mol. The number of nitrogens with one attached hydrogen (secondary N) is 1. The molecular formula is C14H18FNO2. The highest BCUT2D eigenvalue weighted by atomic mass is 19.1. The van der Waals surface area contributed by atoms with E-state index in [0.29, 0.717) is 30.2 Å². The van der Waals surface area contributed by atoms with Crippen LogP contribution >= 0.6 is 0 Å². The first kappa shape index (κ1) is 11.9. The van der Waals surface area contributed by atoms with Crippen LogP contribution in [0.4, 0.5) is 4.39 Å². The maximum atomic E-state index is 13.1. The number of ether oxygens (including phenoxy) is 1. The summed E-state index contributed by atoms with van der Waals surface area (Å²) in [4.78, 5) is 0. The van der Waals surface area contributed by atoms with Crippen LogP contribution in [-0.4, -0.2) is 23.9 Å². The van der Waals surface area contributed by atoms with Crippen LogP contribution in [0.25, 0.3) is 0 Å². The van der Waals surface area contributed by atoms with Gasteiger partial charge in [-0.25, -0.2) is 4.39 Å². The van der Waals surface area contributed by atoms with E-state index >= 15 is 0 Å². The van der Waals surface area contributed by atoms with Crippen molar-refractivity contribution in [2.75, 3.05) is 6.61 Å². The molecule has 1 saturated heterocycles. The zero-order valence-electron chi connectivity index (χ0n) is 10.2. The van der Waals surface area contributed by atoms with Crippen molar-refractivity contribution in [1.82, 2.24) is 5.32 Å².